The van der Waals surface area contributed by atoms with Crippen molar-refractivity contribution < 1.29 is 63.0 Å². The summed E-state index contributed by atoms with van der Waals surface area (Å²) in [6.07, 6.45) is 5.65. The summed E-state index contributed by atoms with van der Waals surface area (Å²) in [5.74, 6) is -9.26. The third kappa shape index (κ3) is 20.7. The summed E-state index contributed by atoms with van der Waals surface area (Å²) in [5.41, 5.74) is 21.1. The van der Waals surface area contributed by atoms with Gasteiger partial charge in [-0.2, -0.15) is 0 Å². The molecular formula is C72H93N19O13. The number of nitrogens with two attached hydrogens (primary N) is 3. The Kier molecular flexibility index (Phi) is 27.3. The van der Waals surface area contributed by atoms with Crippen molar-refractivity contribution in [2.75, 3.05) is 45.9 Å². The lowest BCUT2D eigenvalue weighted by molar-refractivity contribution is -0.147. The van der Waals surface area contributed by atoms with Crippen molar-refractivity contribution in [1.29, 1.82) is 10.8 Å². The summed E-state index contributed by atoms with van der Waals surface area (Å²) in [6.45, 7) is -0.645. The van der Waals surface area contributed by atoms with Crippen LogP contribution in [0.2, 0.25) is 0 Å². The molecule has 0 aliphatic carbocycles. The molecule has 21 N–H and O–H groups in total. The second-order valence-corrected chi connectivity index (χ2v) is 26.3. The number of carboxylic acid groups (broad SMARTS) is 1. The molecule has 9 rings (SSSR count). The molecule has 4 aromatic carbocycles. The van der Waals surface area contributed by atoms with Crippen molar-refractivity contribution in [2.45, 2.75) is 150 Å². The predicted molar refractivity (Wildman–Crippen MR) is 384 cm³/mol. The zero-order valence-corrected chi connectivity index (χ0v) is 57.6. The summed E-state index contributed by atoms with van der Waals surface area (Å²) in [4.78, 5) is 167. The van der Waals surface area contributed by atoms with Gasteiger partial charge in [0.15, 0.2) is 11.9 Å². The Bertz CT molecular complexity index is 4060. The molecule has 3 fully saturated rings. The van der Waals surface area contributed by atoms with E-state index in [2.05, 4.69) is 57.8 Å². The van der Waals surface area contributed by atoms with Gasteiger partial charge in [0.05, 0.1) is 19.2 Å². The first-order chi connectivity index (χ1) is 50.1. The monoisotopic (exact) mass is 1430 g/mol. The van der Waals surface area contributed by atoms with E-state index in [0.717, 1.165) is 21.8 Å². The van der Waals surface area contributed by atoms with Crippen LogP contribution in [0, 0.1) is 10.8 Å². The van der Waals surface area contributed by atoms with Crippen molar-refractivity contribution in [3.63, 3.8) is 0 Å². The van der Waals surface area contributed by atoms with Gasteiger partial charge >= 0.3 is 5.97 Å². The van der Waals surface area contributed by atoms with E-state index in [1.807, 2.05) is 36.4 Å². The van der Waals surface area contributed by atoms with Crippen LogP contribution in [0.4, 0.5) is 0 Å². The number of rotatable bonds is 35. The number of benzene rings is 4. The van der Waals surface area contributed by atoms with Gasteiger partial charge in [0.1, 0.15) is 54.4 Å². The summed E-state index contributed by atoms with van der Waals surface area (Å²) >= 11 is 0. The molecule has 104 heavy (non-hydrogen) atoms. The van der Waals surface area contributed by atoms with Gasteiger partial charge < -0.3 is 99.9 Å². The van der Waals surface area contributed by atoms with Crippen LogP contribution in [0.1, 0.15) is 86.5 Å². The number of carbonyl (C=O) groups is 11. The lowest BCUT2D eigenvalue weighted by atomic mass is 10.0. The maximum Gasteiger partial charge on any atom is 0.326 e. The van der Waals surface area contributed by atoms with E-state index in [1.54, 1.807) is 85.2 Å². The molecule has 0 spiro atoms. The van der Waals surface area contributed by atoms with Gasteiger partial charge in [-0.3, -0.25) is 58.8 Å². The van der Waals surface area contributed by atoms with Crippen LogP contribution >= 0.6 is 0 Å². The first-order valence-electron chi connectivity index (χ1n) is 35.0. The van der Waals surface area contributed by atoms with Crippen LogP contribution < -0.4 is 65.1 Å². The molecule has 2 aromatic heterocycles. The molecule has 0 bridgehead atoms. The highest BCUT2D eigenvalue weighted by Gasteiger charge is 2.44. The average Bonchev–Trinajstić information content (AvgIpc) is 1.65. The number of H-pyrrole nitrogens is 2. The normalized spacial score (nSPS) is 17.6. The highest BCUT2D eigenvalue weighted by Crippen LogP contribution is 2.27. The van der Waals surface area contributed by atoms with Gasteiger partial charge in [-0.15, -0.1) is 0 Å². The number of amides is 10. The number of para-hydroxylation sites is 2. The minimum atomic E-state index is -1.66. The Morgan fingerprint density at radius 1 is 0.481 bits per heavy atom. The Morgan fingerprint density at radius 2 is 0.913 bits per heavy atom. The third-order valence-corrected chi connectivity index (χ3v) is 19.0. The van der Waals surface area contributed by atoms with Crippen LogP contribution in [-0.2, 0) is 78.4 Å². The summed E-state index contributed by atoms with van der Waals surface area (Å²) in [6, 6.07) is 19.0. The number of guanidine groups is 2. The van der Waals surface area contributed by atoms with E-state index in [-0.39, 0.29) is 95.8 Å². The summed E-state index contributed by atoms with van der Waals surface area (Å²) in [5, 5.41) is 62.0. The average molecular weight is 1430 g/mol. The van der Waals surface area contributed by atoms with Crippen LogP contribution in [0.3, 0.4) is 0 Å². The molecule has 5 heterocycles. The maximum atomic E-state index is 14.9. The molecule has 10 amide bonds. The molecule has 0 radical (unpaired) electrons. The number of carbonyl (C=O) groups excluding carboxylic acids is 10. The second-order valence-electron chi connectivity index (χ2n) is 26.3. The van der Waals surface area contributed by atoms with Crippen LogP contribution in [0.15, 0.2) is 122 Å². The highest BCUT2D eigenvalue weighted by atomic mass is 16.4. The van der Waals surface area contributed by atoms with Gasteiger partial charge in [-0.05, 0) is 98.6 Å². The van der Waals surface area contributed by atoms with Crippen LogP contribution in [0.5, 0.6) is 0 Å². The zero-order chi connectivity index (χ0) is 74.4. The Balaban J connectivity index is 0.862. The van der Waals surface area contributed by atoms with Crippen LogP contribution in [-0.4, -0.2) is 218 Å². The number of aliphatic carboxylic acids is 1. The predicted octanol–water partition coefficient (Wildman–Crippen LogP) is -1.15. The fourth-order valence-electron chi connectivity index (χ4n) is 13.6. The lowest BCUT2D eigenvalue weighted by Crippen LogP contribution is -2.60. The van der Waals surface area contributed by atoms with Gasteiger partial charge in [-0.1, -0.05) is 97.1 Å². The largest absolute Gasteiger partial charge is 0.480 e. The second kappa shape index (κ2) is 37.0. The minimum Gasteiger partial charge on any atom is -0.480 e. The molecule has 32 nitrogen and oxygen atoms in total. The molecule has 6 aromatic rings. The fourth-order valence-corrected chi connectivity index (χ4v) is 13.6. The number of carboxylic acids is 1. The number of hydrogen-bond acceptors (Lipinski definition) is 15. The number of aliphatic hydroxyl groups excluding tert-OH is 1. The highest BCUT2D eigenvalue weighted by molar-refractivity contribution is 6.00. The molecule has 32 heteroatoms. The SMILES string of the molecule is N=C(N)NCCC[C@H](NC(=O)[C@H](Cc1ccccc1)NC(=O)[C@@H]1CCCN1C(=O)[C@H](CO)NC(=O)[C@H](Cc1ccccc1)NC(=O)CNC(=O)[C@@H]1CCCN1C(=O)[C@@H]1CCCN1C(=O)[C@@H](N)CCCNC(=N)N)C(=O)N[C@@H](Cc1c[nH]c2ccccc12)C(=O)N[C@@H](Cc1c[nH]c2ccccc12)C(=O)O. The lowest BCUT2D eigenvalue weighted by Gasteiger charge is -2.32. The number of likely N-dealkylation sites (tertiary alicyclic amines) is 3. The number of aromatic amines is 2. The third-order valence-electron chi connectivity index (χ3n) is 19.0. The van der Waals surface area contributed by atoms with Crippen molar-refractivity contribution >= 4 is 98.8 Å². The van der Waals surface area contributed by atoms with Gasteiger partial charge in [0.25, 0.3) is 0 Å². The van der Waals surface area contributed by atoms with Crippen LogP contribution in [0.25, 0.3) is 21.8 Å². The van der Waals surface area contributed by atoms with E-state index in [9.17, 15) is 63.0 Å². The Labute approximate surface area is 599 Å². The van der Waals surface area contributed by atoms with E-state index >= 15 is 0 Å². The molecule has 10 atom stereocenters. The van der Waals surface area contributed by atoms with Crippen molar-refractivity contribution in [3.05, 3.63) is 144 Å². The number of fused-ring (bicyclic) bond motifs is 2. The number of hydrogen-bond donors (Lipinski definition) is 18. The molecule has 0 saturated carbocycles. The quantitative estimate of drug-likeness (QED) is 0.0127. The van der Waals surface area contributed by atoms with Gasteiger partial charge in [-0.25, -0.2) is 4.79 Å². The summed E-state index contributed by atoms with van der Waals surface area (Å²) in [7, 11) is 0. The van der Waals surface area contributed by atoms with Crippen molar-refractivity contribution in [1.82, 2.24) is 72.5 Å². The van der Waals surface area contributed by atoms with Crippen molar-refractivity contribution in [3.8, 4) is 0 Å². The molecular weight excluding hydrogens is 1340 g/mol. The first kappa shape index (κ1) is 76.8. The summed E-state index contributed by atoms with van der Waals surface area (Å²) < 4.78 is 0. The van der Waals surface area contributed by atoms with E-state index in [4.69, 9.17) is 28.0 Å². The van der Waals surface area contributed by atoms with E-state index in [0.29, 0.717) is 61.0 Å². The first-order valence-corrected chi connectivity index (χ1v) is 35.0. The molecule has 3 aliphatic heterocycles. The Morgan fingerprint density at radius 3 is 1.45 bits per heavy atom. The number of aliphatic hydroxyl groups is 1. The Hall–Kier alpha value is -11.4. The topological polar surface area (TPSA) is 504 Å². The minimum absolute atomic E-state index is 0.0137. The number of aromatic nitrogens is 2. The zero-order valence-electron chi connectivity index (χ0n) is 57.6. The van der Waals surface area contributed by atoms with E-state index < -0.39 is 139 Å². The fraction of sp³-hybridized carbons (Fsp3) is 0.431. The van der Waals surface area contributed by atoms with Gasteiger partial charge in [0, 0.05) is 92.6 Å². The standard InChI is InChI=1S/C72H93N19O13/c73-48(22-11-29-78-71(74)75)67(100)91-33-15-28-59(91)69(102)90-32-13-26-57(90)65(98)82-40-60(93)83-52(34-42-16-3-1-4-17-42)62(95)88-56(41-92)68(101)89-31-14-27-58(89)66(99)86-53(35-43-18-5-2-6-19-43)63(96)84-51(25-12-30-79-72(76)77)61(94)85-54(36-44-38-80-49-23-9-7-20-46(44)49)64(97)87-55(70(103)104)37-45-39-81-50-24-10-8-21-47(45)50/h1-10,16-21,23-24,38-39,48,51-59,80-81,92H,11-15,22,25-37,40-41,73H2,(H,82,98)(H,83,93)(H,84,96)(H,85,94)(H,86,99)(H,87,97)(H,88,95)(H,103,104)(H4,74,75,78)(H4,76,77,79)/t48-,51-,52-,53-,54-,55-,56-,57-,58-,59-/m0/s1. The number of nitrogens with one attached hydrogen (secondary N) is 13. The molecule has 0 unspecified atom stereocenters. The molecule has 3 saturated heterocycles. The molecule has 554 valence electrons. The smallest absolute Gasteiger partial charge is 0.326 e. The molecule has 3 aliphatic rings. The maximum absolute atomic E-state index is 14.9. The van der Waals surface area contributed by atoms with Gasteiger partial charge in [0.2, 0.25) is 59.1 Å². The van der Waals surface area contributed by atoms with Crippen molar-refractivity contribution in [2.24, 2.45) is 17.2 Å². The number of nitrogens with zero attached hydrogens (tertiary/aromatic N) is 3. The van der Waals surface area contributed by atoms with E-state index in [1.165, 1.54) is 14.7 Å².